The van der Waals surface area contributed by atoms with Crippen LogP contribution in [0.5, 0.6) is 0 Å². The number of oxime groups is 1. The highest BCUT2D eigenvalue weighted by Gasteiger charge is 2.07. The second-order valence-electron chi connectivity index (χ2n) is 3.01. The molecule has 0 radical (unpaired) electrons. The minimum Gasteiger partial charge on any atom is -0.411 e. The first-order valence-corrected chi connectivity index (χ1v) is 5.32. The minimum atomic E-state index is -0.408. The molecule has 1 N–H and O–H groups in total. The predicted molar refractivity (Wildman–Crippen MR) is 63.4 cm³/mol. The second kappa shape index (κ2) is 6.40. The molecule has 86 valence electrons. The van der Waals surface area contributed by atoms with Crippen LogP contribution in [0, 0.1) is 5.82 Å². The molecule has 5 heteroatoms. The van der Waals surface area contributed by atoms with Crippen molar-refractivity contribution >= 4 is 21.6 Å². The van der Waals surface area contributed by atoms with Gasteiger partial charge in [0, 0.05) is 10.0 Å². The maximum absolute atomic E-state index is 13.1. The van der Waals surface area contributed by atoms with Crippen LogP contribution >= 0.6 is 15.9 Å². The number of halogens is 2. The van der Waals surface area contributed by atoms with E-state index < -0.39 is 5.82 Å². The monoisotopic (exact) mass is 287 g/mol. The summed E-state index contributed by atoms with van der Waals surface area (Å²) in [6.07, 6.45) is 1.58. The average Bonchev–Trinajstić information content (AvgIpc) is 2.23. The topological polar surface area (TPSA) is 41.8 Å². The zero-order valence-electron chi connectivity index (χ0n) is 8.49. The number of hydrogen-bond donors (Lipinski definition) is 1. The lowest BCUT2D eigenvalue weighted by Crippen LogP contribution is -2.11. The van der Waals surface area contributed by atoms with Gasteiger partial charge in [0.2, 0.25) is 0 Å². The molecule has 0 heterocycles. The van der Waals surface area contributed by atoms with Crippen LogP contribution in [0.4, 0.5) is 4.39 Å². The Balaban J connectivity index is 2.83. The van der Waals surface area contributed by atoms with E-state index in [1.54, 1.807) is 12.1 Å². The molecule has 1 aromatic carbocycles. The lowest BCUT2D eigenvalue weighted by Gasteiger charge is -2.05. The molecule has 0 atom stereocenters. The molecule has 0 fully saturated rings. The van der Waals surface area contributed by atoms with Crippen LogP contribution in [0.15, 0.2) is 40.5 Å². The van der Waals surface area contributed by atoms with Gasteiger partial charge in [-0.3, -0.25) is 0 Å². The summed E-state index contributed by atoms with van der Waals surface area (Å²) in [6, 6.07) is 4.25. The summed E-state index contributed by atoms with van der Waals surface area (Å²) in [4.78, 5) is 0. The van der Waals surface area contributed by atoms with E-state index in [4.69, 9.17) is 9.94 Å². The van der Waals surface area contributed by atoms with E-state index in [1.165, 1.54) is 12.1 Å². The van der Waals surface area contributed by atoms with Crippen molar-refractivity contribution in [3.8, 4) is 0 Å². The first-order chi connectivity index (χ1) is 7.67. The Bertz CT molecular complexity index is 387. The molecule has 1 aromatic rings. The number of benzene rings is 1. The van der Waals surface area contributed by atoms with Crippen LogP contribution in [-0.2, 0) is 4.74 Å². The lowest BCUT2D eigenvalue weighted by molar-refractivity contribution is 0.200. The molecule has 3 nitrogen and oxygen atoms in total. The number of nitrogens with zero attached hydrogens (tertiary/aromatic N) is 1. The summed E-state index contributed by atoms with van der Waals surface area (Å²) in [5, 5.41) is 11.9. The largest absolute Gasteiger partial charge is 0.411 e. The van der Waals surface area contributed by atoms with Crippen LogP contribution in [0.2, 0.25) is 0 Å². The molecule has 0 bridgehead atoms. The standard InChI is InChI=1S/C11H11BrFNO2/c1-2-3-16-7-11(14-15)8-4-9(12)6-10(13)5-8/h2,4-6,15H,1,3,7H2/b14-11+. The SMILES string of the molecule is C=CCOC/C(=N\O)c1cc(F)cc(Br)c1. The quantitative estimate of drug-likeness (QED) is 0.297. The third-order valence-electron chi connectivity index (χ3n) is 1.79. The summed E-state index contributed by atoms with van der Waals surface area (Å²) in [5.74, 6) is -0.408. The van der Waals surface area contributed by atoms with Crippen molar-refractivity contribution in [2.45, 2.75) is 0 Å². The van der Waals surface area contributed by atoms with Crippen LogP contribution in [0.3, 0.4) is 0 Å². The smallest absolute Gasteiger partial charge is 0.124 e. The Hall–Kier alpha value is -1.20. The van der Waals surface area contributed by atoms with Gasteiger partial charge in [0.25, 0.3) is 0 Å². The van der Waals surface area contributed by atoms with E-state index in [2.05, 4.69) is 27.7 Å². The normalized spacial score (nSPS) is 11.5. The molecule has 0 aromatic heterocycles. The highest BCUT2D eigenvalue weighted by Crippen LogP contribution is 2.15. The van der Waals surface area contributed by atoms with E-state index in [0.29, 0.717) is 16.6 Å². The molecule has 16 heavy (non-hydrogen) atoms. The summed E-state index contributed by atoms with van der Waals surface area (Å²) in [7, 11) is 0. The average molecular weight is 288 g/mol. The first kappa shape index (κ1) is 12.9. The van der Waals surface area contributed by atoms with E-state index >= 15 is 0 Å². The molecule has 0 aliphatic heterocycles. The Labute approximate surface area is 101 Å². The van der Waals surface area contributed by atoms with Crippen LogP contribution < -0.4 is 0 Å². The Kier molecular flexibility index (Phi) is 5.14. The van der Waals surface area contributed by atoms with E-state index in [0.717, 1.165) is 0 Å². The summed E-state index contributed by atoms with van der Waals surface area (Å²) >= 11 is 3.16. The molecule has 0 unspecified atom stereocenters. The first-order valence-electron chi connectivity index (χ1n) is 4.53. The fourth-order valence-electron chi connectivity index (χ4n) is 1.13. The zero-order valence-corrected chi connectivity index (χ0v) is 10.1. The molecule has 0 spiro atoms. The number of ether oxygens (including phenoxy) is 1. The number of rotatable bonds is 5. The van der Waals surface area contributed by atoms with E-state index in [1.807, 2.05) is 0 Å². The predicted octanol–water partition coefficient (Wildman–Crippen LogP) is 2.97. The molecule has 1 rings (SSSR count). The van der Waals surface area contributed by atoms with E-state index in [9.17, 15) is 4.39 Å². The molecule has 0 aliphatic carbocycles. The lowest BCUT2D eigenvalue weighted by atomic mass is 10.1. The van der Waals surface area contributed by atoms with Gasteiger partial charge < -0.3 is 9.94 Å². The van der Waals surface area contributed by atoms with Gasteiger partial charge in [-0.2, -0.15) is 0 Å². The summed E-state index contributed by atoms with van der Waals surface area (Å²) in [5.41, 5.74) is 0.737. The highest BCUT2D eigenvalue weighted by atomic mass is 79.9. The van der Waals surface area contributed by atoms with Gasteiger partial charge in [0.05, 0.1) is 13.2 Å². The summed E-state index contributed by atoms with van der Waals surface area (Å²) < 4.78 is 18.8. The minimum absolute atomic E-state index is 0.0956. The molecule has 0 saturated carbocycles. The van der Waals surface area contributed by atoms with Crippen LogP contribution in [-0.4, -0.2) is 24.1 Å². The van der Waals surface area contributed by atoms with Crippen LogP contribution in [0.1, 0.15) is 5.56 Å². The fourth-order valence-corrected chi connectivity index (χ4v) is 1.59. The molecule has 0 saturated heterocycles. The zero-order chi connectivity index (χ0) is 12.0. The van der Waals surface area contributed by atoms with Crippen molar-refractivity contribution in [1.82, 2.24) is 0 Å². The van der Waals surface area contributed by atoms with Gasteiger partial charge in [-0.25, -0.2) is 4.39 Å². The van der Waals surface area contributed by atoms with Crippen molar-refractivity contribution in [3.05, 3.63) is 46.7 Å². The molecular formula is C11H11BrFNO2. The van der Waals surface area contributed by atoms with Crippen molar-refractivity contribution in [2.75, 3.05) is 13.2 Å². The van der Waals surface area contributed by atoms with E-state index in [-0.39, 0.29) is 12.3 Å². The van der Waals surface area contributed by atoms with Gasteiger partial charge in [-0.1, -0.05) is 27.2 Å². The Morgan fingerprint density at radius 3 is 2.88 bits per heavy atom. The third-order valence-corrected chi connectivity index (χ3v) is 2.25. The van der Waals surface area contributed by atoms with Crippen molar-refractivity contribution in [3.63, 3.8) is 0 Å². The maximum Gasteiger partial charge on any atom is 0.124 e. The number of hydrogen-bond acceptors (Lipinski definition) is 3. The van der Waals surface area contributed by atoms with Crippen molar-refractivity contribution in [1.29, 1.82) is 0 Å². The molecule has 0 aliphatic rings. The fraction of sp³-hybridized carbons (Fsp3) is 0.182. The third kappa shape index (κ3) is 3.75. The second-order valence-corrected chi connectivity index (χ2v) is 3.92. The van der Waals surface area contributed by atoms with Gasteiger partial charge in [-0.15, -0.1) is 6.58 Å². The van der Waals surface area contributed by atoms with Gasteiger partial charge >= 0.3 is 0 Å². The Morgan fingerprint density at radius 2 is 2.31 bits per heavy atom. The van der Waals surface area contributed by atoms with Gasteiger partial charge in [-0.05, 0) is 18.2 Å². The highest BCUT2D eigenvalue weighted by molar-refractivity contribution is 9.10. The summed E-state index contributed by atoms with van der Waals surface area (Å²) in [6.45, 7) is 3.93. The Morgan fingerprint density at radius 1 is 1.56 bits per heavy atom. The van der Waals surface area contributed by atoms with Crippen molar-refractivity contribution in [2.24, 2.45) is 5.16 Å². The maximum atomic E-state index is 13.1. The van der Waals surface area contributed by atoms with Crippen LogP contribution in [0.25, 0.3) is 0 Å². The van der Waals surface area contributed by atoms with Gasteiger partial charge in [0.1, 0.15) is 11.5 Å². The van der Waals surface area contributed by atoms with Crippen molar-refractivity contribution < 1.29 is 14.3 Å². The van der Waals surface area contributed by atoms with Gasteiger partial charge in [0.15, 0.2) is 0 Å². The molecular weight excluding hydrogens is 277 g/mol. The molecule has 0 amide bonds.